The number of nitrogens with one attached hydrogen (secondary N) is 1. The molecule has 0 atom stereocenters. The average molecular weight is 396 g/mol. The Balaban J connectivity index is 1.37. The highest BCUT2D eigenvalue weighted by Gasteiger charge is 2.20. The predicted octanol–water partition coefficient (Wildman–Crippen LogP) is 2.52. The van der Waals surface area contributed by atoms with Gasteiger partial charge in [-0.3, -0.25) is 4.79 Å². The molecule has 1 N–H and O–H groups in total. The van der Waals surface area contributed by atoms with Crippen molar-refractivity contribution in [2.24, 2.45) is 5.92 Å². The van der Waals surface area contributed by atoms with Crippen LogP contribution in [0.5, 0.6) is 0 Å². The van der Waals surface area contributed by atoms with E-state index in [0.29, 0.717) is 19.0 Å². The van der Waals surface area contributed by atoms with Gasteiger partial charge in [-0.1, -0.05) is 6.92 Å². The molecule has 0 aliphatic carbocycles. The van der Waals surface area contributed by atoms with Crippen molar-refractivity contribution in [1.29, 1.82) is 0 Å². The molecule has 2 aliphatic heterocycles. The van der Waals surface area contributed by atoms with Crippen molar-refractivity contribution in [2.45, 2.75) is 26.7 Å². The molecule has 0 spiro atoms. The molecule has 2 aromatic rings. The molecule has 0 radical (unpaired) electrons. The smallest absolute Gasteiger partial charge is 0.249 e. The molecule has 0 unspecified atom stereocenters. The van der Waals surface area contributed by atoms with Gasteiger partial charge in [0.1, 0.15) is 0 Å². The Labute approximate surface area is 171 Å². The molecular formula is C21H29N7O. The third-order valence-electron chi connectivity index (χ3n) is 5.87. The molecule has 2 fully saturated rings. The highest BCUT2D eigenvalue weighted by Crippen LogP contribution is 2.25. The molecule has 1 aromatic carbocycles. The minimum Gasteiger partial charge on any atom is -0.372 e. The van der Waals surface area contributed by atoms with Crippen molar-refractivity contribution in [2.75, 3.05) is 54.4 Å². The number of carbonyl (C=O) groups is 1. The van der Waals surface area contributed by atoms with Crippen molar-refractivity contribution in [3.8, 4) is 0 Å². The summed E-state index contributed by atoms with van der Waals surface area (Å²) < 4.78 is 0. The first-order valence-electron chi connectivity index (χ1n) is 10.4. The lowest BCUT2D eigenvalue weighted by atomic mass is 9.99. The third kappa shape index (κ3) is 4.75. The van der Waals surface area contributed by atoms with E-state index < -0.39 is 0 Å². The molecule has 154 valence electrons. The zero-order chi connectivity index (χ0) is 20.2. The molecule has 0 saturated carbocycles. The normalized spacial score (nSPS) is 18.1. The number of amides is 1. The molecule has 1 amide bonds. The van der Waals surface area contributed by atoms with Gasteiger partial charge < -0.3 is 20.0 Å². The molecule has 29 heavy (non-hydrogen) atoms. The number of hydrogen-bond acceptors (Lipinski definition) is 7. The molecule has 0 bridgehead atoms. The molecule has 8 heteroatoms. The number of piperidine rings is 1. The van der Waals surface area contributed by atoms with Crippen LogP contribution in [-0.2, 0) is 4.79 Å². The van der Waals surface area contributed by atoms with Crippen LogP contribution in [0.4, 0.5) is 23.1 Å². The van der Waals surface area contributed by atoms with Crippen molar-refractivity contribution < 1.29 is 4.79 Å². The Kier molecular flexibility index (Phi) is 5.78. The van der Waals surface area contributed by atoms with Gasteiger partial charge in [0.25, 0.3) is 0 Å². The number of aromatic nitrogens is 3. The number of nitrogens with zero attached hydrogens (tertiary/aromatic N) is 6. The van der Waals surface area contributed by atoms with Crippen LogP contribution in [0.1, 0.15) is 26.7 Å². The molecule has 4 rings (SSSR count). The summed E-state index contributed by atoms with van der Waals surface area (Å²) in [6.07, 6.45) is 4.19. The number of benzene rings is 1. The second-order valence-corrected chi connectivity index (χ2v) is 7.97. The monoisotopic (exact) mass is 395 g/mol. The molecule has 1 aromatic heterocycles. The molecular weight excluding hydrogens is 366 g/mol. The van der Waals surface area contributed by atoms with E-state index in [9.17, 15) is 4.79 Å². The van der Waals surface area contributed by atoms with Crippen LogP contribution in [0.3, 0.4) is 0 Å². The molecule has 2 saturated heterocycles. The summed E-state index contributed by atoms with van der Waals surface area (Å²) in [5.41, 5.74) is 2.21. The Bertz CT molecular complexity index is 825. The summed E-state index contributed by atoms with van der Waals surface area (Å²) in [6, 6.07) is 8.43. The Morgan fingerprint density at radius 1 is 1.00 bits per heavy atom. The summed E-state index contributed by atoms with van der Waals surface area (Å²) in [7, 11) is 0. The van der Waals surface area contributed by atoms with Gasteiger partial charge in [-0.25, -0.2) is 0 Å². The highest BCUT2D eigenvalue weighted by molar-refractivity contribution is 5.73. The second-order valence-electron chi connectivity index (χ2n) is 7.97. The first-order valence-corrected chi connectivity index (χ1v) is 10.4. The SMILES string of the molecule is CC(=O)N1CCN(c2cnnc(Nc3ccc(N4CCC(C)CC4)cc3)n2)CC1. The third-order valence-corrected chi connectivity index (χ3v) is 5.87. The molecule has 3 heterocycles. The maximum absolute atomic E-state index is 11.5. The summed E-state index contributed by atoms with van der Waals surface area (Å²) >= 11 is 0. The van der Waals surface area contributed by atoms with E-state index in [0.717, 1.165) is 43.6 Å². The Hall–Kier alpha value is -2.90. The topological polar surface area (TPSA) is 77.5 Å². The lowest BCUT2D eigenvalue weighted by Gasteiger charge is -2.34. The first-order chi connectivity index (χ1) is 14.1. The minimum atomic E-state index is 0.121. The molecule has 2 aliphatic rings. The van der Waals surface area contributed by atoms with Crippen LogP contribution in [0.2, 0.25) is 0 Å². The van der Waals surface area contributed by atoms with E-state index in [1.54, 1.807) is 13.1 Å². The van der Waals surface area contributed by atoms with E-state index in [-0.39, 0.29) is 5.91 Å². The average Bonchev–Trinajstić information content (AvgIpc) is 2.75. The molecule has 8 nitrogen and oxygen atoms in total. The summed E-state index contributed by atoms with van der Waals surface area (Å²) in [5, 5.41) is 11.5. The number of rotatable bonds is 4. The van der Waals surface area contributed by atoms with Crippen LogP contribution >= 0.6 is 0 Å². The number of carbonyl (C=O) groups excluding carboxylic acids is 1. The van der Waals surface area contributed by atoms with Crippen LogP contribution in [-0.4, -0.2) is 65.3 Å². The van der Waals surface area contributed by atoms with E-state index >= 15 is 0 Å². The summed E-state index contributed by atoms with van der Waals surface area (Å²) in [6.45, 7) is 9.11. The van der Waals surface area contributed by atoms with Crippen LogP contribution < -0.4 is 15.1 Å². The van der Waals surface area contributed by atoms with Gasteiger partial charge in [0.05, 0.1) is 6.20 Å². The maximum atomic E-state index is 11.5. The van der Waals surface area contributed by atoms with Crippen molar-refractivity contribution >= 4 is 29.0 Å². The second kappa shape index (κ2) is 8.63. The fourth-order valence-corrected chi connectivity index (χ4v) is 3.90. The van der Waals surface area contributed by atoms with Gasteiger partial charge >= 0.3 is 0 Å². The highest BCUT2D eigenvalue weighted by atomic mass is 16.2. The van der Waals surface area contributed by atoms with Crippen LogP contribution in [0, 0.1) is 5.92 Å². The largest absolute Gasteiger partial charge is 0.372 e. The van der Waals surface area contributed by atoms with E-state index in [2.05, 4.69) is 61.5 Å². The van der Waals surface area contributed by atoms with Gasteiger partial charge in [0, 0.05) is 57.6 Å². The van der Waals surface area contributed by atoms with E-state index in [4.69, 9.17) is 0 Å². The van der Waals surface area contributed by atoms with Gasteiger partial charge in [0.2, 0.25) is 11.9 Å². The number of hydrogen-bond donors (Lipinski definition) is 1. The van der Waals surface area contributed by atoms with Gasteiger partial charge in [-0.05, 0) is 43.0 Å². The van der Waals surface area contributed by atoms with Gasteiger partial charge in [-0.15, -0.1) is 5.10 Å². The minimum absolute atomic E-state index is 0.121. The fraction of sp³-hybridized carbons (Fsp3) is 0.524. The zero-order valence-electron chi connectivity index (χ0n) is 17.2. The maximum Gasteiger partial charge on any atom is 0.249 e. The summed E-state index contributed by atoms with van der Waals surface area (Å²) in [5.74, 6) is 2.21. The number of anilines is 4. The van der Waals surface area contributed by atoms with Crippen LogP contribution in [0.15, 0.2) is 30.5 Å². The van der Waals surface area contributed by atoms with Crippen molar-refractivity contribution in [3.05, 3.63) is 30.5 Å². The zero-order valence-corrected chi connectivity index (χ0v) is 17.2. The number of piperazine rings is 1. The Morgan fingerprint density at radius 3 is 2.34 bits per heavy atom. The predicted molar refractivity (Wildman–Crippen MR) is 115 cm³/mol. The van der Waals surface area contributed by atoms with E-state index in [1.165, 1.54) is 18.5 Å². The van der Waals surface area contributed by atoms with Crippen molar-refractivity contribution in [1.82, 2.24) is 20.1 Å². The standard InChI is InChI=1S/C21H29N7O/c1-16-7-9-27(10-8-16)19-5-3-18(4-6-19)23-21-24-20(15-22-25-21)28-13-11-26(12-14-28)17(2)29/h3-6,15-16H,7-14H2,1-2H3,(H,23,24,25). The van der Waals surface area contributed by atoms with E-state index in [1.807, 2.05) is 4.90 Å². The fourth-order valence-electron chi connectivity index (χ4n) is 3.90. The lowest BCUT2D eigenvalue weighted by Crippen LogP contribution is -2.48. The van der Waals surface area contributed by atoms with Gasteiger partial charge in [0.15, 0.2) is 5.82 Å². The van der Waals surface area contributed by atoms with Gasteiger partial charge in [-0.2, -0.15) is 10.1 Å². The van der Waals surface area contributed by atoms with Crippen LogP contribution in [0.25, 0.3) is 0 Å². The first kappa shape index (κ1) is 19.4. The Morgan fingerprint density at radius 2 is 1.69 bits per heavy atom. The summed E-state index contributed by atoms with van der Waals surface area (Å²) in [4.78, 5) is 22.5. The lowest BCUT2D eigenvalue weighted by molar-refractivity contribution is -0.129. The quantitative estimate of drug-likeness (QED) is 0.852. The van der Waals surface area contributed by atoms with Crippen molar-refractivity contribution in [3.63, 3.8) is 0 Å².